The smallest absolute Gasteiger partial charge is 0.258 e. The lowest BCUT2D eigenvalue weighted by molar-refractivity contribution is -0.123. The first-order valence-electron chi connectivity index (χ1n) is 7.22. The van der Waals surface area contributed by atoms with E-state index in [4.69, 9.17) is 21.6 Å². The van der Waals surface area contributed by atoms with Gasteiger partial charge in [0.15, 0.2) is 6.61 Å². The average molecular weight is 329 g/mol. The predicted molar refractivity (Wildman–Crippen MR) is 89.3 cm³/mol. The zero-order valence-corrected chi connectivity index (χ0v) is 13.5. The third-order valence-corrected chi connectivity index (χ3v) is 3.67. The highest BCUT2D eigenvalue weighted by molar-refractivity contribution is 6.31. The van der Waals surface area contributed by atoms with Crippen molar-refractivity contribution in [3.63, 3.8) is 0 Å². The fourth-order valence-electron chi connectivity index (χ4n) is 2.13. The van der Waals surface area contributed by atoms with E-state index in [0.29, 0.717) is 17.2 Å². The second-order valence-corrected chi connectivity index (χ2v) is 5.49. The fourth-order valence-corrected chi connectivity index (χ4v) is 2.43. The number of nitriles is 1. The van der Waals surface area contributed by atoms with Gasteiger partial charge in [0.25, 0.3) is 5.91 Å². The molecule has 0 fully saturated rings. The monoisotopic (exact) mass is 328 g/mol. The number of halogens is 1. The number of amides is 1. The SMILES string of the molecule is CC(NC(=O)COc1ccc(CC#N)cc1)c1ccccc1Cl. The van der Waals surface area contributed by atoms with Crippen LogP contribution < -0.4 is 10.1 Å². The van der Waals surface area contributed by atoms with Gasteiger partial charge in [-0.15, -0.1) is 0 Å². The minimum absolute atomic E-state index is 0.0770. The van der Waals surface area contributed by atoms with Gasteiger partial charge in [0, 0.05) is 5.02 Å². The molecule has 0 spiro atoms. The highest BCUT2D eigenvalue weighted by atomic mass is 35.5. The van der Waals surface area contributed by atoms with Crippen LogP contribution in [0.5, 0.6) is 5.75 Å². The molecule has 0 heterocycles. The number of benzene rings is 2. The van der Waals surface area contributed by atoms with Crippen LogP contribution in [0.3, 0.4) is 0 Å². The molecule has 0 saturated heterocycles. The van der Waals surface area contributed by atoms with Crippen LogP contribution in [0.4, 0.5) is 0 Å². The Kier molecular flexibility index (Phi) is 6.02. The maximum absolute atomic E-state index is 12.0. The predicted octanol–water partition coefficient (Wildman–Crippen LogP) is 3.66. The van der Waals surface area contributed by atoms with Gasteiger partial charge in [-0.3, -0.25) is 4.79 Å². The molecule has 0 aliphatic rings. The molecule has 2 rings (SSSR count). The van der Waals surface area contributed by atoms with Gasteiger partial charge < -0.3 is 10.1 Å². The normalized spacial score (nSPS) is 11.3. The fraction of sp³-hybridized carbons (Fsp3) is 0.222. The molecule has 2 aromatic carbocycles. The van der Waals surface area contributed by atoms with E-state index in [1.807, 2.05) is 37.3 Å². The second kappa shape index (κ2) is 8.21. The Balaban J connectivity index is 1.85. The zero-order valence-electron chi connectivity index (χ0n) is 12.8. The first-order valence-corrected chi connectivity index (χ1v) is 7.60. The van der Waals surface area contributed by atoms with Crippen molar-refractivity contribution in [1.29, 1.82) is 5.26 Å². The average Bonchev–Trinajstić information content (AvgIpc) is 2.55. The van der Waals surface area contributed by atoms with Gasteiger partial charge in [0.05, 0.1) is 18.5 Å². The molecule has 0 aliphatic heterocycles. The van der Waals surface area contributed by atoms with E-state index in [0.717, 1.165) is 11.1 Å². The highest BCUT2D eigenvalue weighted by Gasteiger charge is 2.12. The van der Waals surface area contributed by atoms with Crippen LogP contribution in [0.25, 0.3) is 0 Å². The first-order chi connectivity index (χ1) is 11.1. The van der Waals surface area contributed by atoms with Crippen LogP contribution in [0.15, 0.2) is 48.5 Å². The molecule has 1 amide bonds. The molecule has 0 radical (unpaired) electrons. The number of nitrogens with one attached hydrogen (secondary N) is 1. The minimum atomic E-state index is -0.224. The van der Waals surface area contributed by atoms with Gasteiger partial charge in [0.1, 0.15) is 5.75 Å². The van der Waals surface area contributed by atoms with Gasteiger partial charge in [-0.25, -0.2) is 0 Å². The van der Waals surface area contributed by atoms with Gasteiger partial charge >= 0.3 is 0 Å². The molecule has 4 nitrogen and oxygen atoms in total. The van der Waals surface area contributed by atoms with E-state index in [-0.39, 0.29) is 18.6 Å². The lowest BCUT2D eigenvalue weighted by Crippen LogP contribution is -2.31. The quantitative estimate of drug-likeness (QED) is 0.880. The molecule has 0 aromatic heterocycles. The number of nitrogens with zero attached hydrogens (tertiary/aromatic N) is 1. The summed E-state index contributed by atoms with van der Waals surface area (Å²) in [4.78, 5) is 12.0. The maximum atomic E-state index is 12.0. The summed E-state index contributed by atoms with van der Waals surface area (Å²) < 4.78 is 5.44. The third-order valence-electron chi connectivity index (χ3n) is 3.33. The summed E-state index contributed by atoms with van der Waals surface area (Å²) in [5.74, 6) is 0.366. The highest BCUT2D eigenvalue weighted by Crippen LogP contribution is 2.22. The number of hydrogen-bond donors (Lipinski definition) is 1. The Bertz CT molecular complexity index is 708. The van der Waals surface area contributed by atoms with Crippen LogP contribution >= 0.6 is 11.6 Å². The maximum Gasteiger partial charge on any atom is 0.258 e. The topological polar surface area (TPSA) is 62.1 Å². The molecule has 118 valence electrons. The summed E-state index contributed by atoms with van der Waals surface area (Å²) >= 11 is 6.11. The van der Waals surface area contributed by atoms with Crippen LogP contribution in [-0.2, 0) is 11.2 Å². The zero-order chi connectivity index (χ0) is 16.7. The van der Waals surface area contributed by atoms with Crippen molar-refractivity contribution in [3.05, 3.63) is 64.7 Å². The van der Waals surface area contributed by atoms with E-state index in [2.05, 4.69) is 11.4 Å². The Morgan fingerprint density at radius 1 is 1.26 bits per heavy atom. The minimum Gasteiger partial charge on any atom is -0.484 e. The molecule has 23 heavy (non-hydrogen) atoms. The van der Waals surface area contributed by atoms with Crippen molar-refractivity contribution in [2.45, 2.75) is 19.4 Å². The molecule has 0 aliphatic carbocycles. The lowest BCUT2D eigenvalue weighted by atomic mass is 10.1. The van der Waals surface area contributed by atoms with Crippen LogP contribution in [-0.4, -0.2) is 12.5 Å². The summed E-state index contributed by atoms with van der Waals surface area (Å²) in [7, 11) is 0. The number of carbonyl (C=O) groups is 1. The van der Waals surface area contributed by atoms with Crippen molar-refractivity contribution in [3.8, 4) is 11.8 Å². The summed E-state index contributed by atoms with van der Waals surface area (Å²) in [6.07, 6.45) is 0.357. The summed E-state index contributed by atoms with van der Waals surface area (Å²) in [5.41, 5.74) is 1.78. The molecular weight excluding hydrogens is 312 g/mol. The summed E-state index contributed by atoms with van der Waals surface area (Å²) in [6, 6.07) is 16.4. The molecule has 1 N–H and O–H groups in total. The van der Waals surface area contributed by atoms with Crippen molar-refractivity contribution >= 4 is 17.5 Å². The number of ether oxygens (including phenoxy) is 1. The van der Waals surface area contributed by atoms with E-state index in [1.165, 1.54) is 0 Å². The Labute approximate surface area is 140 Å². The number of carbonyl (C=O) groups excluding carboxylic acids is 1. The Morgan fingerprint density at radius 3 is 2.61 bits per heavy atom. The molecule has 0 bridgehead atoms. The first kappa shape index (κ1) is 16.9. The molecule has 5 heteroatoms. The summed E-state index contributed by atoms with van der Waals surface area (Å²) in [5, 5.41) is 12.1. The number of hydrogen-bond acceptors (Lipinski definition) is 3. The molecule has 0 saturated carbocycles. The van der Waals surface area contributed by atoms with Crippen molar-refractivity contribution in [2.75, 3.05) is 6.61 Å². The molecular formula is C18H17ClN2O2. The number of rotatable bonds is 6. The van der Waals surface area contributed by atoms with Crippen molar-refractivity contribution in [1.82, 2.24) is 5.32 Å². The largest absolute Gasteiger partial charge is 0.484 e. The lowest BCUT2D eigenvalue weighted by Gasteiger charge is -2.16. The van der Waals surface area contributed by atoms with Gasteiger partial charge in [-0.1, -0.05) is 41.9 Å². The standard InChI is InChI=1S/C18H17ClN2O2/c1-13(16-4-2-3-5-17(16)19)21-18(22)12-23-15-8-6-14(7-9-15)10-11-20/h2-9,13H,10,12H2,1H3,(H,21,22). The van der Waals surface area contributed by atoms with Gasteiger partial charge in [-0.05, 0) is 36.2 Å². The van der Waals surface area contributed by atoms with Gasteiger partial charge in [0.2, 0.25) is 0 Å². The van der Waals surface area contributed by atoms with Crippen molar-refractivity contribution < 1.29 is 9.53 Å². The Morgan fingerprint density at radius 2 is 1.96 bits per heavy atom. The third kappa shape index (κ3) is 5.01. The van der Waals surface area contributed by atoms with Crippen molar-refractivity contribution in [2.24, 2.45) is 0 Å². The van der Waals surface area contributed by atoms with Gasteiger partial charge in [-0.2, -0.15) is 5.26 Å². The van der Waals surface area contributed by atoms with Crippen LogP contribution in [0, 0.1) is 11.3 Å². The van der Waals surface area contributed by atoms with E-state index < -0.39 is 0 Å². The summed E-state index contributed by atoms with van der Waals surface area (Å²) in [6.45, 7) is 1.79. The van der Waals surface area contributed by atoms with Crippen LogP contribution in [0.2, 0.25) is 5.02 Å². The van der Waals surface area contributed by atoms with Crippen LogP contribution in [0.1, 0.15) is 24.1 Å². The van der Waals surface area contributed by atoms with E-state index in [1.54, 1.807) is 18.2 Å². The van der Waals surface area contributed by atoms with E-state index >= 15 is 0 Å². The molecule has 1 atom stereocenters. The molecule has 2 aromatic rings. The molecule has 1 unspecified atom stereocenters. The second-order valence-electron chi connectivity index (χ2n) is 5.08. The Hall–Kier alpha value is -2.51. The van der Waals surface area contributed by atoms with E-state index in [9.17, 15) is 4.79 Å².